The number of carbonyl (C=O) groups excluding carboxylic acids is 2. The molecule has 6 nitrogen and oxygen atoms in total. The van der Waals surface area contributed by atoms with Crippen molar-refractivity contribution >= 4 is 34.2 Å². The third-order valence-electron chi connectivity index (χ3n) is 3.31. The predicted octanol–water partition coefficient (Wildman–Crippen LogP) is 2.21. The van der Waals surface area contributed by atoms with Crippen LogP contribution in [-0.2, 0) is 16.0 Å². The third kappa shape index (κ3) is 4.14. The number of hydrogen-bond acceptors (Lipinski definition) is 6. The summed E-state index contributed by atoms with van der Waals surface area (Å²) >= 11 is 1.64. The summed E-state index contributed by atoms with van der Waals surface area (Å²) in [6.45, 7) is 0.213. The van der Waals surface area contributed by atoms with E-state index in [-0.39, 0.29) is 12.5 Å². The highest BCUT2D eigenvalue weighted by Crippen LogP contribution is 2.12. The molecule has 0 atom stereocenters. The van der Waals surface area contributed by atoms with Gasteiger partial charge in [-0.15, -0.1) is 11.3 Å². The van der Waals surface area contributed by atoms with Crippen molar-refractivity contribution in [3.05, 3.63) is 58.5 Å². The average molecular weight is 341 g/mol. The Balaban J connectivity index is 1.48. The first-order valence-electron chi connectivity index (χ1n) is 7.39. The maximum absolute atomic E-state index is 12.0. The highest BCUT2D eigenvalue weighted by molar-refractivity contribution is 7.09. The van der Waals surface area contributed by atoms with E-state index >= 15 is 0 Å². The summed E-state index contributed by atoms with van der Waals surface area (Å²) in [7, 11) is 0. The standard InChI is InChI=1S/C17H15N3O3S/c21-16(20-6-5-13-2-1-9-24-13)11-23-17(22)12-3-4-14-15(10-12)19-8-7-18-14/h1-4,7-10H,5-6,11H2,(H,20,21). The Kier molecular flexibility index (Phi) is 5.12. The lowest BCUT2D eigenvalue weighted by Crippen LogP contribution is -2.30. The molecule has 0 aliphatic heterocycles. The molecule has 3 aromatic rings. The van der Waals surface area contributed by atoms with Crippen LogP contribution < -0.4 is 5.32 Å². The fourth-order valence-corrected chi connectivity index (χ4v) is 2.84. The van der Waals surface area contributed by atoms with E-state index in [4.69, 9.17) is 4.74 Å². The molecule has 0 bridgehead atoms. The first kappa shape index (κ1) is 16.1. The molecule has 1 N–H and O–H groups in total. The number of rotatable bonds is 6. The van der Waals surface area contributed by atoms with Crippen LogP contribution in [0.2, 0.25) is 0 Å². The minimum absolute atomic E-state index is 0.304. The van der Waals surface area contributed by atoms with E-state index in [1.54, 1.807) is 41.9 Å². The van der Waals surface area contributed by atoms with Crippen LogP contribution in [-0.4, -0.2) is 35.0 Å². The van der Waals surface area contributed by atoms with E-state index in [1.807, 2.05) is 17.5 Å². The fourth-order valence-electron chi connectivity index (χ4n) is 2.14. The van der Waals surface area contributed by atoms with Gasteiger partial charge in [-0.25, -0.2) is 4.79 Å². The molecule has 0 saturated heterocycles. The lowest BCUT2D eigenvalue weighted by atomic mass is 10.2. The number of esters is 1. The first-order valence-corrected chi connectivity index (χ1v) is 8.27. The molecule has 2 heterocycles. The minimum Gasteiger partial charge on any atom is -0.452 e. The van der Waals surface area contributed by atoms with Crippen LogP contribution in [0.4, 0.5) is 0 Å². The Bertz CT molecular complexity index is 849. The maximum atomic E-state index is 12.0. The smallest absolute Gasteiger partial charge is 0.338 e. The largest absolute Gasteiger partial charge is 0.452 e. The van der Waals surface area contributed by atoms with Gasteiger partial charge >= 0.3 is 5.97 Å². The van der Waals surface area contributed by atoms with Gasteiger partial charge in [-0.1, -0.05) is 6.07 Å². The van der Waals surface area contributed by atoms with E-state index in [0.29, 0.717) is 23.1 Å². The molecule has 0 saturated carbocycles. The monoisotopic (exact) mass is 341 g/mol. The summed E-state index contributed by atoms with van der Waals surface area (Å²) in [5.74, 6) is -0.878. The van der Waals surface area contributed by atoms with Crippen LogP contribution in [0.15, 0.2) is 48.1 Å². The van der Waals surface area contributed by atoms with Crippen molar-refractivity contribution in [3.63, 3.8) is 0 Å². The molecular weight excluding hydrogens is 326 g/mol. The number of ether oxygens (including phenoxy) is 1. The van der Waals surface area contributed by atoms with Crippen molar-refractivity contribution in [2.75, 3.05) is 13.2 Å². The molecule has 122 valence electrons. The van der Waals surface area contributed by atoms with Crippen LogP contribution in [0.1, 0.15) is 15.2 Å². The van der Waals surface area contributed by atoms with Crippen LogP contribution in [0.3, 0.4) is 0 Å². The van der Waals surface area contributed by atoms with Gasteiger partial charge in [0.15, 0.2) is 6.61 Å². The number of thiophene rings is 1. The molecule has 7 heteroatoms. The summed E-state index contributed by atoms with van der Waals surface area (Å²) in [6, 6.07) is 8.88. The molecule has 0 fully saturated rings. The van der Waals surface area contributed by atoms with E-state index < -0.39 is 5.97 Å². The quantitative estimate of drug-likeness (QED) is 0.695. The Morgan fingerprint density at radius 1 is 1.12 bits per heavy atom. The van der Waals surface area contributed by atoms with Gasteiger partial charge in [0.1, 0.15) is 0 Å². The third-order valence-corrected chi connectivity index (χ3v) is 4.25. The van der Waals surface area contributed by atoms with Crippen LogP contribution in [0.25, 0.3) is 11.0 Å². The Morgan fingerprint density at radius 3 is 2.75 bits per heavy atom. The average Bonchev–Trinajstić information content (AvgIpc) is 3.12. The molecule has 0 spiro atoms. The Morgan fingerprint density at radius 2 is 1.96 bits per heavy atom. The van der Waals surface area contributed by atoms with Gasteiger partial charge in [-0.3, -0.25) is 14.8 Å². The number of nitrogens with zero attached hydrogens (tertiary/aromatic N) is 2. The highest BCUT2D eigenvalue weighted by atomic mass is 32.1. The molecule has 0 unspecified atom stereocenters. The molecule has 24 heavy (non-hydrogen) atoms. The van der Waals surface area contributed by atoms with E-state index in [1.165, 1.54) is 4.88 Å². The molecule has 0 aliphatic rings. The molecule has 1 amide bonds. The Labute approximate surface area is 142 Å². The second-order valence-corrected chi connectivity index (χ2v) is 6.05. The summed E-state index contributed by atoms with van der Waals surface area (Å²) in [5.41, 5.74) is 1.64. The first-order chi connectivity index (χ1) is 11.7. The zero-order chi connectivity index (χ0) is 16.8. The normalized spacial score (nSPS) is 10.5. The molecule has 0 aliphatic carbocycles. The number of amides is 1. The van der Waals surface area contributed by atoms with E-state index in [0.717, 1.165) is 6.42 Å². The van der Waals surface area contributed by atoms with Crippen molar-refractivity contribution in [1.29, 1.82) is 0 Å². The molecule has 1 aromatic carbocycles. The van der Waals surface area contributed by atoms with Gasteiger partial charge in [0.2, 0.25) is 0 Å². The van der Waals surface area contributed by atoms with Crippen LogP contribution >= 0.6 is 11.3 Å². The van der Waals surface area contributed by atoms with Crippen molar-refractivity contribution in [2.45, 2.75) is 6.42 Å². The number of hydrogen-bond donors (Lipinski definition) is 1. The second-order valence-electron chi connectivity index (χ2n) is 5.02. The van der Waals surface area contributed by atoms with Gasteiger partial charge < -0.3 is 10.1 Å². The van der Waals surface area contributed by atoms with Crippen LogP contribution in [0.5, 0.6) is 0 Å². The zero-order valence-electron chi connectivity index (χ0n) is 12.8. The van der Waals surface area contributed by atoms with Gasteiger partial charge in [-0.2, -0.15) is 0 Å². The van der Waals surface area contributed by atoms with Gasteiger partial charge in [-0.05, 0) is 36.1 Å². The van der Waals surface area contributed by atoms with E-state index in [9.17, 15) is 9.59 Å². The number of fused-ring (bicyclic) bond motifs is 1. The predicted molar refractivity (Wildman–Crippen MR) is 90.9 cm³/mol. The van der Waals surface area contributed by atoms with E-state index in [2.05, 4.69) is 15.3 Å². The number of aromatic nitrogens is 2. The summed E-state index contributed by atoms with van der Waals surface area (Å²) in [6.07, 6.45) is 3.90. The van der Waals surface area contributed by atoms with Crippen molar-refractivity contribution < 1.29 is 14.3 Å². The highest BCUT2D eigenvalue weighted by Gasteiger charge is 2.11. The fraction of sp³-hybridized carbons (Fsp3) is 0.176. The lowest BCUT2D eigenvalue weighted by molar-refractivity contribution is -0.124. The van der Waals surface area contributed by atoms with Gasteiger partial charge in [0, 0.05) is 23.8 Å². The topological polar surface area (TPSA) is 81.2 Å². The second kappa shape index (κ2) is 7.65. The van der Waals surface area contributed by atoms with Crippen molar-refractivity contribution in [1.82, 2.24) is 15.3 Å². The van der Waals surface area contributed by atoms with Crippen molar-refractivity contribution in [2.24, 2.45) is 0 Å². The van der Waals surface area contributed by atoms with Crippen molar-refractivity contribution in [3.8, 4) is 0 Å². The SMILES string of the molecule is O=C(COC(=O)c1ccc2nccnc2c1)NCCc1cccs1. The minimum atomic E-state index is -0.559. The summed E-state index contributed by atoms with van der Waals surface area (Å²) < 4.78 is 5.03. The Hall–Kier alpha value is -2.80. The van der Waals surface area contributed by atoms with Crippen LogP contribution in [0, 0.1) is 0 Å². The zero-order valence-corrected chi connectivity index (χ0v) is 13.6. The lowest BCUT2D eigenvalue weighted by Gasteiger charge is -2.06. The number of benzene rings is 1. The van der Waals surface area contributed by atoms with Gasteiger partial charge in [0.05, 0.1) is 16.6 Å². The molecular formula is C17H15N3O3S. The molecule has 2 aromatic heterocycles. The number of nitrogens with one attached hydrogen (secondary N) is 1. The van der Waals surface area contributed by atoms with Gasteiger partial charge in [0.25, 0.3) is 5.91 Å². The maximum Gasteiger partial charge on any atom is 0.338 e. The molecule has 0 radical (unpaired) electrons. The molecule has 3 rings (SSSR count). The number of carbonyl (C=O) groups is 2. The summed E-state index contributed by atoms with van der Waals surface area (Å²) in [4.78, 5) is 33.2. The summed E-state index contributed by atoms with van der Waals surface area (Å²) in [5, 5.41) is 4.72.